The minimum absolute atomic E-state index is 0.108. The van der Waals surface area contributed by atoms with Crippen molar-refractivity contribution in [2.45, 2.75) is 452 Å². The van der Waals surface area contributed by atoms with Gasteiger partial charge >= 0.3 is 39.5 Å². The lowest BCUT2D eigenvalue weighted by Crippen LogP contribution is -2.30. The van der Waals surface area contributed by atoms with Gasteiger partial charge in [-0.1, -0.05) is 382 Å². The molecule has 0 radical (unpaired) electrons. The fraction of sp³-hybridized carbons (Fsp3) is 0.951. The van der Waals surface area contributed by atoms with Gasteiger partial charge in [0.1, 0.15) is 19.3 Å². The second-order valence-corrected chi connectivity index (χ2v) is 33.1. The summed E-state index contributed by atoms with van der Waals surface area (Å²) in [4.78, 5) is 73.1. The molecule has 0 aromatic rings. The molecule has 0 saturated heterocycles. The third-order valence-electron chi connectivity index (χ3n) is 19.6. The molecule has 3 unspecified atom stereocenters. The Labute approximate surface area is 619 Å². The number of carbonyl (C=O) groups is 4. The Bertz CT molecular complexity index is 1940. The molecular weight excluding hydrogens is 1320 g/mol. The van der Waals surface area contributed by atoms with Crippen molar-refractivity contribution in [3.63, 3.8) is 0 Å². The normalized spacial score (nSPS) is 14.2. The van der Waals surface area contributed by atoms with E-state index < -0.39 is 97.5 Å². The number of unbranched alkanes of at least 4 members (excludes halogenated alkanes) is 50. The molecule has 0 aromatic carbocycles. The quantitative estimate of drug-likeness (QED) is 0.0222. The number of aliphatic hydroxyl groups excluding tert-OH is 1. The second-order valence-electron chi connectivity index (χ2n) is 30.2. The maximum Gasteiger partial charge on any atom is 0.472 e. The van der Waals surface area contributed by atoms with Crippen LogP contribution in [0.2, 0.25) is 0 Å². The topological polar surface area (TPSA) is 237 Å². The van der Waals surface area contributed by atoms with E-state index in [1.54, 1.807) is 0 Å². The maximum atomic E-state index is 13.1. The Balaban J connectivity index is 5.24. The predicted molar refractivity (Wildman–Crippen MR) is 414 cm³/mol. The van der Waals surface area contributed by atoms with Gasteiger partial charge in [-0.25, -0.2) is 9.13 Å². The molecule has 0 aliphatic heterocycles. The van der Waals surface area contributed by atoms with Gasteiger partial charge in [-0.15, -0.1) is 0 Å². The van der Waals surface area contributed by atoms with E-state index in [0.717, 1.165) is 108 Å². The van der Waals surface area contributed by atoms with Crippen LogP contribution >= 0.6 is 15.6 Å². The van der Waals surface area contributed by atoms with Gasteiger partial charge in [0.25, 0.3) is 0 Å². The Morgan fingerprint density at radius 2 is 0.505 bits per heavy atom. The van der Waals surface area contributed by atoms with Crippen LogP contribution in [0.3, 0.4) is 0 Å². The van der Waals surface area contributed by atoms with Crippen molar-refractivity contribution < 1.29 is 80.2 Å². The SMILES string of the molecule is CCCCCCCCCCCCCCCCCCCC(=O)OC[C@H](COP(=O)(O)OC[C@@H](O)COP(=O)(O)OC[C@@H](COC(=O)CCCCCCCCC(C)CC)OC(=O)CCCCCCCCCCCCCCCCCC)OC(=O)CCCCCCCCCCCCCCCCCC(C)C. The fourth-order valence-electron chi connectivity index (χ4n) is 12.7. The minimum atomic E-state index is -4.96. The molecule has 0 rings (SSSR count). The van der Waals surface area contributed by atoms with Crippen molar-refractivity contribution in [2.24, 2.45) is 11.8 Å². The molecule has 0 aliphatic carbocycles. The van der Waals surface area contributed by atoms with Crippen LogP contribution in [-0.4, -0.2) is 96.7 Å². The average molecular weight is 1480 g/mol. The number of aliphatic hydroxyl groups is 1. The van der Waals surface area contributed by atoms with Crippen LogP contribution in [0.25, 0.3) is 0 Å². The third-order valence-corrected chi connectivity index (χ3v) is 21.5. The Kier molecular flexibility index (Phi) is 72.2. The molecule has 17 nitrogen and oxygen atoms in total. The molecule has 0 amide bonds. The van der Waals surface area contributed by atoms with Gasteiger partial charge in [-0.05, 0) is 37.5 Å². The molecular formula is C82H160O17P2. The van der Waals surface area contributed by atoms with Gasteiger partial charge in [0, 0.05) is 25.7 Å². The van der Waals surface area contributed by atoms with Gasteiger partial charge in [0.05, 0.1) is 26.4 Å². The van der Waals surface area contributed by atoms with Crippen LogP contribution in [0.1, 0.15) is 433 Å². The first-order chi connectivity index (χ1) is 48.9. The summed E-state index contributed by atoms with van der Waals surface area (Å²) in [5, 5.41) is 10.7. The summed E-state index contributed by atoms with van der Waals surface area (Å²) < 4.78 is 68.8. The first-order valence-corrected chi connectivity index (χ1v) is 45.5. The maximum absolute atomic E-state index is 13.1. The Morgan fingerprint density at radius 1 is 0.287 bits per heavy atom. The van der Waals surface area contributed by atoms with Crippen LogP contribution in [0.4, 0.5) is 0 Å². The number of ether oxygens (including phenoxy) is 4. The van der Waals surface area contributed by atoms with Crippen molar-refractivity contribution in [2.75, 3.05) is 39.6 Å². The molecule has 6 atom stereocenters. The highest BCUT2D eigenvalue weighted by atomic mass is 31.2. The van der Waals surface area contributed by atoms with Crippen molar-refractivity contribution >= 4 is 39.5 Å². The lowest BCUT2D eigenvalue weighted by atomic mass is 10.00. The number of hydrogen-bond donors (Lipinski definition) is 3. The summed E-state index contributed by atoms with van der Waals surface area (Å²) in [6.07, 6.45) is 63.8. The van der Waals surface area contributed by atoms with Gasteiger partial charge in [0.15, 0.2) is 12.2 Å². The molecule has 3 N–H and O–H groups in total. The highest BCUT2D eigenvalue weighted by Gasteiger charge is 2.30. The molecule has 0 fully saturated rings. The van der Waals surface area contributed by atoms with E-state index >= 15 is 0 Å². The van der Waals surface area contributed by atoms with Crippen LogP contribution in [0, 0.1) is 11.8 Å². The molecule has 101 heavy (non-hydrogen) atoms. The van der Waals surface area contributed by atoms with E-state index in [2.05, 4.69) is 41.5 Å². The number of carbonyl (C=O) groups excluding carboxylic acids is 4. The summed E-state index contributed by atoms with van der Waals surface area (Å²) in [7, 11) is -9.92. The first kappa shape index (κ1) is 99.1. The minimum Gasteiger partial charge on any atom is -0.462 e. The zero-order chi connectivity index (χ0) is 74.2. The van der Waals surface area contributed by atoms with Crippen molar-refractivity contribution in [3.8, 4) is 0 Å². The predicted octanol–water partition coefficient (Wildman–Crippen LogP) is 24.7. The number of phosphoric ester groups is 2. The highest BCUT2D eigenvalue weighted by molar-refractivity contribution is 7.47. The van der Waals surface area contributed by atoms with E-state index in [1.807, 2.05) is 0 Å². The molecule has 0 aliphatic rings. The Morgan fingerprint density at radius 3 is 0.752 bits per heavy atom. The summed E-state index contributed by atoms with van der Waals surface area (Å²) in [6.45, 7) is 9.64. The van der Waals surface area contributed by atoms with Crippen LogP contribution in [-0.2, 0) is 65.4 Å². The van der Waals surface area contributed by atoms with Gasteiger partial charge in [0.2, 0.25) is 0 Å². The zero-order valence-electron chi connectivity index (χ0n) is 66.2. The van der Waals surface area contributed by atoms with Gasteiger partial charge in [-0.3, -0.25) is 37.3 Å². The fourth-order valence-corrected chi connectivity index (χ4v) is 14.3. The third kappa shape index (κ3) is 74.7. The molecule has 19 heteroatoms. The van der Waals surface area contributed by atoms with Crippen molar-refractivity contribution in [3.05, 3.63) is 0 Å². The molecule has 0 aromatic heterocycles. The highest BCUT2D eigenvalue weighted by Crippen LogP contribution is 2.45. The summed E-state index contributed by atoms with van der Waals surface area (Å²) >= 11 is 0. The molecule has 0 saturated carbocycles. The van der Waals surface area contributed by atoms with Crippen LogP contribution in [0.15, 0.2) is 0 Å². The smallest absolute Gasteiger partial charge is 0.462 e. The van der Waals surface area contributed by atoms with Crippen molar-refractivity contribution in [1.29, 1.82) is 0 Å². The van der Waals surface area contributed by atoms with Crippen LogP contribution < -0.4 is 0 Å². The van der Waals surface area contributed by atoms with Crippen molar-refractivity contribution in [1.82, 2.24) is 0 Å². The van der Waals surface area contributed by atoms with E-state index in [9.17, 15) is 43.2 Å². The molecule has 600 valence electrons. The summed E-state index contributed by atoms with van der Waals surface area (Å²) in [5.41, 5.74) is 0. The first-order valence-electron chi connectivity index (χ1n) is 42.5. The zero-order valence-corrected chi connectivity index (χ0v) is 68.0. The van der Waals surface area contributed by atoms with E-state index in [0.29, 0.717) is 25.7 Å². The summed E-state index contributed by atoms with van der Waals surface area (Å²) in [5.74, 6) is -0.573. The van der Waals surface area contributed by atoms with E-state index in [-0.39, 0.29) is 25.7 Å². The second kappa shape index (κ2) is 73.6. The molecule has 0 heterocycles. The number of hydrogen-bond acceptors (Lipinski definition) is 15. The number of rotatable bonds is 81. The summed E-state index contributed by atoms with van der Waals surface area (Å²) in [6, 6.07) is 0. The van der Waals surface area contributed by atoms with E-state index in [4.69, 9.17) is 37.0 Å². The largest absolute Gasteiger partial charge is 0.472 e. The Hall–Kier alpha value is -1.94. The molecule has 0 spiro atoms. The lowest BCUT2D eigenvalue weighted by Gasteiger charge is -2.21. The average Bonchev–Trinajstić information content (AvgIpc) is 0.926. The standard InChI is InChI=1S/C82H160O17P2/c1-7-10-12-14-16-18-20-22-24-26-30-33-37-41-45-52-58-64-79(84)92-70-77(98-81(86)66-61-55-47-43-39-35-31-27-28-32-36-40-44-50-56-62-74(4)5)72-96-100(88,89)94-68-76(83)69-95-101(90,91)97-73-78(71-93-80(85)65-59-53-49-48-51-57-63-75(6)9-3)99-82(87)67-60-54-46-42-38-34-29-25-23-21-19-17-15-13-11-8-2/h74-78,83H,7-73H2,1-6H3,(H,88,89)(H,90,91)/t75?,76-,77-,78-/m1/s1. The number of esters is 4. The number of phosphoric acid groups is 2. The lowest BCUT2D eigenvalue weighted by molar-refractivity contribution is -0.161. The van der Waals surface area contributed by atoms with E-state index in [1.165, 1.54) is 244 Å². The van der Waals surface area contributed by atoms with Crippen LogP contribution in [0.5, 0.6) is 0 Å². The molecule has 0 bridgehead atoms. The van der Waals surface area contributed by atoms with Gasteiger partial charge in [-0.2, -0.15) is 0 Å². The monoisotopic (exact) mass is 1480 g/mol. The van der Waals surface area contributed by atoms with Gasteiger partial charge < -0.3 is 33.8 Å².